The second-order valence-electron chi connectivity index (χ2n) is 6.04. The highest BCUT2D eigenvalue weighted by Crippen LogP contribution is 2.48. The minimum absolute atomic E-state index is 0.0581. The predicted octanol–water partition coefficient (Wildman–Crippen LogP) is 3.90. The van der Waals surface area contributed by atoms with Gasteiger partial charge in [-0.3, -0.25) is 4.79 Å². The molecule has 0 radical (unpaired) electrons. The summed E-state index contributed by atoms with van der Waals surface area (Å²) in [5.74, 6) is 1.85. The van der Waals surface area contributed by atoms with Crippen molar-refractivity contribution in [3.05, 3.63) is 59.7 Å². The number of allylic oxidation sites excluding steroid dienone is 1. The molecular formula is C21H23NO3. The minimum atomic E-state index is -0.0581. The van der Waals surface area contributed by atoms with E-state index in [2.05, 4.69) is 29.6 Å². The fourth-order valence-corrected chi connectivity index (χ4v) is 3.43. The first-order chi connectivity index (χ1) is 12.2. The smallest absolute Gasteiger partial charge is 0.243 e. The van der Waals surface area contributed by atoms with Crippen LogP contribution in [0, 0.1) is 0 Å². The summed E-state index contributed by atoms with van der Waals surface area (Å²) < 4.78 is 10.8. The summed E-state index contributed by atoms with van der Waals surface area (Å²) in [6, 6.07) is 12.4. The number of methoxy groups -OCH3 is 2. The van der Waals surface area contributed by atoms with Crippen molar-refractivity contribution in [2.45, 2.75) is 19.3 Å². The molecular weight excluding hydrogens is 314 g/mol. The molecule has 0 unspecified atom stereocenters. The number of amides is 1. The number of carbonyl (C=O) groups excluding carboxylic acids is 1. The van der Waals surface area contributed by atoms with Crippen LogP contribution in [0.25, 0.3) is 11.1 Å². The summed E-state index contributed by atoms with van der Waals surface area (Å²) in [5, 5.41) is 2.94. The SMILES string of the molecule is CC=CC(=O)NCCC1c2cc(OC)ccc2-c2ccc(OC)cc21. The van der Waals surface area contributed by atoms with Crippen molar-refractivity contribution < 1.29 is 14.3 Å². The van der Waals surface area contributed by atoms with E-state index < -0.39 is 0 Å². The van der Waals surface area contributed by atoms with Gasteiger partial charge in [0.2, 0.25) is 5.91 Å². The van der Waals surface area contributed by atoms with Gasteiger partial charge in [0.1, 0.15) is 11.5 Å². The molecule has 0 aliphatic heterocycles. The first kappa shape index (κ1) is 17.1. The van der Waals surface area contributed by atoms with E-state index in [4.69, 9.17) is 9.47 Å². The van der Waals surface area contributed by atoms with Gasteiger partial charge in [-0.05, 0) is 65.9 Å². The number of fused-ring (bicyclic) bond motifs is 3. The van der Waals surface area contributed by atoms with Gasteiger partial charge in [0.25, 0.3) is 0 Å². The Kier molecular flexibility index (Phi) is 5.08. The Hall–Kier alpha value is -2.75. The Morgan fingerprint density at radius 3 is 2.08 bits per heavy atom. The third-order valence-corrected chi connectivity index (χ3v) is 4.61. The maximum Gasteiger partial charge on any atom is 0.243 e. The summed E-state index contributed by atoms with van der Waals surface area (Å²) >= 11 is 0. The predicted molar refractivity (Wildman–Crippen MR) is 99.3 cm³/mol. The second kappa shape index (κ2) is 7.43. The lowest BCUT2D eigenvalue weighted by Gasteiger charge is -2.15. The number of rotatable bonds is 6. The Labute approximate surface area is 148 Å². The van der Waals surface area contributed by atoms with Crippen molar-refractivity contribution in [1.29, 1.82) is 0 Å². The molecule has 130 valence electrons. The zero-order valence-electron chi connectivity index (χ0n) is 14.8. The van der Waals surface area contributed by atoms with Crippen LogP contribution in [-0.2, 0) is 4.79 Å². The van der Waals surface area contributed by atoms with Crippen molar-refractivity contribution in [2.75, 3.05) is 20.8 Å². The van der Waals surface area contributed by atoms with Gasteiger partial charge in [-0.2, -0.15) is 0 Å². The number of hydrogen-bond donors (Lipinski definition) is 1. The molecule has 0 atom stereocenters. The van der Waals surface area contributed by atoms with E-state index in [-0.39, 0.29) is 11.8 Å². The van der Waals surface area contributed by atoms with E-state index >= 15 is 0 Å². The molecule has 3 rings (SSSR count). The van der Waals surface area contributed by atoms with E-state index in [1.165, 1.54) is 22.3 Å². The lowest BCUT2D eigenvalue weighted by atomic mass is 9.93. The van der Waals surface area contributed by atoms with Gasteiger partial charge >= 0.3 is 0 Å². The normalized spacial score (nSPS) is 12.8. The fraction of sp³-hybridized carbons (Fsp3) is 0.286. The maximum absolute atomic E-state index is 11.7. The summed E-state index contributed by atoms with van der Waals surface area (Å²) in [7, 11) is 3.36. The quantitative estimate of drug-likeness (QED) is 0.813. The van der Waals surface area contributed by atoms with Gasteiger partial charge in [-0.25, -0.2) is 0 Å². The number of hydrogen-bond acceptors (Lipinski definition) is 3. The molecule has 0 aromatic heterocycles. The summed E-state index contributed by atoms with van der Waals surface area (Å²) in [6.07, 6.45) is 4.11. The highest BCUT2D eigenvalue weighted by Gasteiger charge is 2.29. The Morgan fingerprint density at radius 2 is 1.60 bits per heavy atom. The van der Waals surface area contributed by atoms with Gasteiger partial charge < -0.3 is 14.8 Å². The van der Waals surface area contributed by atoms with Crippen molar-refractivity contribution in [3.8, 4) is 22.6 Å². The largest absolute Gasteiger partial charge is 0.497 e. The van der Waals surface area contributed by atoms with E-state index in [1.54, 1.807) is 26.4 Å². The van der Waals surface area contributed by atoms with Gasteiger partial charge in [0.05, 0.1) is 14.2 Å². The highest BCUT2D eigenvalue weighted by molar-refractivity contribution is 5.87. The first-order valence-corrected chi connectivity index (χ1v) is 8.44. The molecule has 4 nitrogen and oxygen atoms in total. The molecule has 1 N–H and O–H groups in total. The highest BCUT2D eigenvalue weighted by atomic mass is 16.5. The topological polar surface area (TPSA) is 47.6 Å². The van der Waals surface area contributed by atoms with Crippen LogP contribution in [0.2, 0.25) is 0 Å². The van der Waals surface area contributed by atoms with Gasteiger partial charge in [0, 0.05) is 12.5 Å². The number of carbonyl (C=O) groups is 1. The van der Waals surface area contributed by atoms with Crippen LogP contribution < -0.4 is 14.8 Å². The zero-order chi connectivity index (χ0) is 17.8. The Morgan fingerprint density at radius 1 is 1.04 bits per heavy atom. The van der Waals surface area contributed by atoms with Crippen molar-refractivity contribution in [2.24, 2.45) is 0 Å². The molecule has 0 fully saturated rings. The molecule has 0 spiro atoms. The van der Waals surface area contributed by atoms with Crippen LogP contribution in [0.5, 0.6) is 11.5 Å². The minimum Gasteiger partial charge on any atom is -0.497 e. The van der Waals surface area contributed by atoms with Crippen molar-refractivity contribution >= 4 is 5.91 Å². The average molecular weight is 337 g/mol. The van der Waals surface area contributed by atoms with E-state index in [9.17, 15) is 4.79 Å². The Bertz CT molecular complexity index is 757. The monoisotopic (exact) mass is 337 g/mol. The fourth-order valence-electron chi connectivity index (χ4n) is 3.43. The van der Waals surface area contributed by atoms with Crippen LogP contribution in [0.3, 0.4) is 0 Å². The third kappa shape index (κ3) is 3.38. The lowest BCUT2D eigenvalue weighted by Crippen LogP contribution is -2.23. The van der Waals surface area contributed by atoms with Crippen molar-refractivity contribution in [3.63, 3.8) is 0 Å². The molecule has 25 heavy (non-hydrogen) atoms. The first-order valence-electron chi connectivity index (χ1n) is 8.44. The summed E-state index contributed by atoms with van der Waals surface area (Å²) in [4.78, 5) is 11.7. The number of ether oxygens (including phenoxy) is 2. The maximum atomic E-state index is 11.7. The van der Waals surface area contributed by atoms with Crippen LogP contribution in [-0.4, -0.2) is 26.7 Å². The number of benzene rings is 2. The van der Waals surface area contributed by atoms with E-state index in [0.717, 1.165) is 17.9 Å². The van der Waals surface area contributed by atoms with Crippen LogP contribution in [0.15, 0.2) is 48.6 Å². The molecule has 0 saturated heterocycles. The van der Waals surface area contributed by atoms with E-state index in [0.29, 0.717) is 6.54 Å². The Balaban J connectivity index is 1.91. The number of nitrogens with one attached hydrogen (secondary N) is 1. The molecule has 1 aliphatic carbocycles. The van der Waals surface area contributed by atoms with Crippen LogP contribution >= 0.6 is 0 Å². The average Bonchev–Trinajstić information content (AvgIpc) is 2.94. The van der Waals surface area contributed by atoms with Crippen LogP contribution in [0.4, 0.5) is 0 Å². The van der Waals surface area contributed by atoms with E-state index in [1.807, 2.05) is 19.1 Å². The standard InChI is InChI=1S/C21H23NO3/c1-4-5-21(23)22-11-10-18-19-12-14(24-2)6-8-16(19)17-9-7-15(25-3)13-20(17)18/h4-9,12-13,18H,10-11H2,1-3H3,(H,22,23). The molecule has 2 aromatic carbocycles. The van der Waals surface area contributed by atoms with Gasteiger partial charge in [-0.1, -0.05) is 18.2 Å². The lowest BCUT2D eigenvalue weighted by molar-refractivity contribution is -0.116. The molecule has 1 aliphatic rings. The third-order valence-electron chi connectivity index (χ3n) is 4.61. The molecule has 0 bridgehead atoms. The summed E-state index contributed by atoms with van der Waals surface area (Å²) in [6.45, 7) is 2.45. The summed E-state index contributed by atoms with van der Waals surface area (Å²) in [5.41, 5.74) is 4.93. The van der Waals surface area contributed by atoms with Crippen molar-refractivity contribution in [1.82, 2.24) is 5.32 Å². The second-order valence-corrected chi connectivity index (χ2v) is 6.04. The van der Waals surface area contributed by atoms with Crippen LogP contribution in [0.1, 0.15) is 30.4 Å². The molecule has 1 amide bonds. The zero-order valence-corrected chi connectivity index (χ0v) is 14.8. The molecule has 2 aromatic rings. The molecule has 4 heteroatoms. The molecule has 0 saturated carbocycles. The van der Waals surface area contributed by atoms with Gasteiger partial charge in [0.15, 0.2) is 0 Å². The van der Waals surface area contributed by atoms with Gasteiger partial charge in [-0.15, -0.1) is 0 Å². The molecule has 0 heterocycles.